The molecule has 132 valence electrons. The molecule has 26 heavy (non-hydrogen) atoms. The fourth-order valence-corrected chi connectivity index (χ4v) is 2.77. The number of nitrogens with one attached hydrogen (secondary N) is 2. The van der Waals surface area contributed by atoms with Gasteiger partial charge in [0.2, 0.25) is 0 Å². The van der Waals surface area contributed by atoms with E-state index in [-0.39, 0.29) is 11.7 Å². The predicted octanol–water partition coefficient (Wildman–Crippen LogP) is 4.07. The number of hydrogen-bond donors (Lipinski definition) is 3. The Balaban J connectivity index is 1.57. The minimum absolute atomic E-state index is 0.0768. The average Bonchev–Trinajstić information content (AvgIpc) is 2.69. The fourth-order valence-electron chi connectivity index (χ4n) is 2.77. The summed E-state index contributed by atoms with van der Waals surface area (Å²) in [6, 6.07) is 22.6. The van der Waals surface area contributed by atoms with Crippen molar-refractivity contribution < 1.29 is 9.90 Å². The zero-order valence-electron chi connectivity index (χ0n) is 14.7. The molecule has 0 unspecified atom stereocenters. The molecule has 0 saturated carbocycles. The van der Waals surface area contributed by atoms with Gasteiger partial charge in [0.15, 0.2) is 0 Å². The molecule has 4 heteroatoms. The van der Waals surface area contributed by atoms with Crippen molar-refractivity contribution in [3.8, 4) is 16.9 Å². The molecule has 0 aliphatic rings. The van der Waals surface area contributed by atoms with E-state index in [0.717, 1.165) is 23.2 Å². The first kappa shape index (κ1) is 17.5. The van der Waals surface area contributed by atoms with Crippen molar-refractivity contribution in [2.24, 2.45) is 0 Å². The van der Waals surface area contributed by atoms with Crippen molar-refractivity contribution >= 4 is 11.6 Å². The number of rotatable bonds is 6. The maximum atomic E-state index is 12.3. The summed E-state index contributed by atoms with van der Waals surface area (Å²) in [7, 11) is 1.89. The maximum Gasteiger partial charge on any atom is 0.251 e. The molecule has 0 aromatic heterocycles. The zero-order valence-corrected chi connectivity index (χ0v) is 14.7. The highest BCUT2D eigenvalue weighted by Crippen LogP contribution is 2.22. The molecule has 0 fully saturated rings. The standard InChI is InChI=1S/C22H22N2O2/c1-23-20-4-2-3-16(15-20)13-14-24-22(26)19-7-5-17(6-8-19)18-9-11-21(25)12-10-18/h2-12,15,23,25H,13-14H2,1H3,(H,24,26). The number of carbonyl (C=O) groups is 1. The second-order valence-electron chi connectivity index (χ2n) is 6.08. The molecule has 3 rings (SSSR count). The van der Waals surface area contributed by atoms with Crippen molar-refractivity contribution in [1.29, 1.82) is 0 Å². The number of aromatic hydroxyl groups is 1. The minimum Gasteiger partial charge on any atom is -0.508 e. The van der Waals surface area contributed by atoms with Crippen molar-refractivity contribution in [3.05, 3.63) is 83.9 Å². The first-order valence-corrected chi connectivity index (χ1v) is 8.60. The summed E-state index contributed by atoms with van der Waals surface area (Å²) >= 11 is 0. The Kier molecular flexibility index (Phi) is 5.54. The molecule has 0 saturated heterocycles. The summed E-state index contributed by atoms with van der Waals surface area (Å²) in [5.74, 6) is 0.164. The molecule has 0 bridgehead atoms. The van der Waals surface area contributed by atoms with Crippen molar-refractivity contribution in [3.63, 3.8) is 0 Å². The van der Waals surface area contributed by atoms with E-state index in [1.807, 2.05) is 55.6 Å². The van der Waals surface area contributed by atoms with Gasteiger partial charge < -0.3 is 15.7 Å². The van der Waals surface area contributed by atoms with Crippen LogP contribution >= 0.6 is 0 Å². The molecule has 1 amide bonds. The number of phenolic OH excluding ortho intramolecular Hbond substituents is 1. The molecule has 0 aliphatic heterocycles. The summed E-state index contributed by atoms with van der Waals surface area (Å²) in [5, 5.41) is 15.4. The van der Waals surface area contributed by atoms with Crippen LogP contribution < -0.4 is 10.6 Å². The molecule has 3 aromatic rings. The van der Waals surface area contributed by atoms with E-state index in [2.05, 4.69) is 22.8 Å². The lowest BCUT2D eigenvalue weighted by Crippen LogP contribution is -2.25. The smallest absolute Gasteiger partial charge is 0.251 e. The largest absolute Gasteiger partial charge is 0.508 e. The van der Waals surface area contributed by atoms with Crippen molar-refractivity contribution in [2.45, 2.75) is 6.42 Å². The van der Waals surface area contributed by atoms with E-state index in [1.54, 1.807) is 12.1 Å². The van der Waals surface area contributed by atoms with E-state index in [0.29, 0.717) is 12.1 Å². The topological polar surface area (TPSA) is 61.4 Å². The van der Waals surface area contributed by atoms with Gasteiger partial charge in [0.05, 0.1) is 0 Å². The van der Waals surface area contributed by atoms with Crippen LogP contribution in [0.1, 0.15) is 15.9 Å². The zero-order chi connectivity index (χ0) is 18.4. The third-order valence-corrected chi connectivity index (χ3v) is 4.26. The second-order valence-corrected chi connectivity index (χ2v) is 6.08. The van der Waals surface area contributed by atoms with E-state index < -0.39 is 0 Å². The van der Waals surface area contributed by atoms with Gasteiger partial charge in [-0.2, -0.15) is 0 Å². The molecule has 0 atom stereocenters. The quantitative estimate of drug-likeness (QED) is 0.630. The number of hydrogen-bond acceptors (Lipinski definition) is 3. The molecule has 4 nitrogen and oxygen atoms in total. The highest BCUT2D eigenvalue weighted by Gasteiger charge is 2.06. The number of phenols is 1. The Morgan fingerprint density at radius 1 is 0.923 bits per heavy atom. The third-order valence-electron chi connectivity index (χ3n) is 4.26. The van der Waals surface area contributed by atoms with Crippen LogP contribution in [-0.2, 0) is 6.42 Å². The maximum absolute atomic E-state index is 12.3. The van der Waals surface area contributed by atoms with Gasteiger partial charge in [-0.1, -0.05) is 36.4 Å². The van der Waals surface area contributed by atoms with Gasteiger partial charge in [-0.15, -0.1) is 0 Å². The van der Waals surface area contributed by atoms with Gasteiger partial charge in [0.1, 0.15) is 5.75 Å². The van der Waals surface area contributed by atoms with Crippen molar-refractivity contribution in [1.82, 2.24) is 5.32 Å². The summed E-state index contributed by atoms with van der Waals surface area (Å²) in [5.41, 5.74) is 4.89. The van der Waals surface area contributed by atoms with Gasteiger partial charge in [0.25, 0.3) is 5.91 Å². The number of benzene rings is 3. The lowest BCUT2D eigenvalue weighted by atomic mass is 10.0. The molecule has 0 heterocycles. The monoisotopic (exact) mass is 346 g/mol. The molecule has 0 radical (unpaired) electrons. The first-order valence-electron chi connectivity index (χ1n) is 8.60. The van der Waals surface area contributed by atoms with Crippen LogP contribution in [0.15, 0.2) is 72.8 Å². The molecule has 3 aromatic carbocycles. The van der Waals surface area contributed by atoms with E-state index in [1.165, 1.54) is 5.56 Å². The van der Waals surface area contributed by atoms with Crippen LogP contribution in [0.5, 0.6) is 5.75 Å². The summed E-state index contributed by atoms with van der Waals surface area (Å²) in [6.45, 7) is 0.589. The van der Waals surface area contributed by atoms with Gasteiger partial charge in [0, 0.05) is 24.8 Å². The van der Waals surface area contributed by atoms with E-state index in [9.17, 15) is 9.90 Å². The number of amides is 1. The van der Waals surface area contributed by atoms with Crippen LogP contribution in [-0.4, -0.2) is 24.6 Å². The molecular formula is C22H22N2O2. The van der Waals surface area contributed by atoms with Crippen LogP contribution in [0.4, 0.5) is 5.69 Å². The molecule has 0 aliphatic carbocycles. The van der Waals surface area contributed by atoms with E-state index >= 15 is 0 Å². The number of anilines is 1. The summed E-state index contributed by atoms with van der Waals surface area (Å²) in [6.07, 6.45) is 0.785. The van der Waals surface area contributed by atoms with Crippen LogP contribution in [0.25, 0.3) is 11.1 Å². The van der Waals surface area contributed by atoms with E-state index in [4.69, 9.17) is 0 Å². The van der Waals surface area contributed by atoms with Crippen LogP contribution in [0.3, 0.4) is 0 Å². The Morgan fingerprint density at radius 3 is 2.23 bits per heavy atom. The number of carbonyl (C=O) groups excluding carboxylic acids is 1. The van der Waals surface area contributed by atoms with Gasteiger partial charge in [-0.25, -0.2) is 0 Å². The Bertz CT molecular complexity index is 871. The Hall–Kier alpha value is -3.27. The molecular weight excluding hydrogens is 324 g/mol. The summed E-state index contributed by atoms with van der Waals surface area (Å²) in [4.78, 5) is 12.3. The third kappa shape index (κ3) is 4.42. The molecule has 0 spiro atoms. The normalized spacial score (nSPS) is 10.3. The fraction of sp³-hybridized carbons (Fsp3) is 0.136. The second kappa shape index (κ2) is 8.21. The minimum atomic E-state index is -0.0768. The predicted molar refractivity (Wildman–Crippen MR) is 106 cm³/mol. The Morgan fingerprint density at radius 2 is 1.58 bits per heavy atom. The lowest BCUT2D eigenvalue weighted by molar-refractivity contribution is 0.0954. The highest BCUT2D eigenvalue weighted by molar-refractivity contribution is 5.94. The highest BCUT2D eigenvalue weighted by atomic mass is 16.3. The first-order chi connectivity index (χ1) is 12.7. The Labute approximate surface area is 153 Å². The summed E-state index contributed by atoms with van der Waals surface area (Å²) < 4.78 is 0. The molecule has 3 N–H and O–H groups in total. The van der Waals surface area contributed by atoms with Gasteiger partial charge in [-0.05, 0) is 59.5 Å². The van der Waals surface area contributed by atoms with Crippen LogP contribution in [0, 0.1) is 0 Å². The lowest BCUT2D eigenvalue weighted by Gasteiger charge is -2.08. The average molecular weight is 346 g/mol. The van der Waals surface area contributed by atoms with Crippen molar-refractivity contribution in [2.75, 3.05) is 18.9 Å². The van der Waals surface area contributed by atoms with Crippen LogP contribution in [0.2, 0.25) is 0 Å². The SMILES string of the molecule is CNc1cccc(CCNC(=O)c2ccc(-c3ccc(O)cc3)cc2)c1. The van der Waals surface area contributed by atoms with Gasteiger partial charge >= 0.3 is 0 Å². The van der Waals surface area contributed by atoms with Gasteiger partial charge in [-0.3, -0.25) is 4.79 Å².